The Labute approximate surface area is 212 Å². The monoisotopic (exact) mass is 490 g/mol. The summed E-state index contributed by atoms with van der Waals surface area (Å²) >= 11 is 0. The summed E-state index contributed by atoms with van der Waals surface area (Å²) in [4.78, 5) is 56.9. The number of aryl methyl sites for hydroxylation is 1. The maximum Gasteiger partial charge on any atom is 0.325 e. The van der Waals surface area contributed by atoms with Crippen molar-refractivity contribution in [3.63, 3.8) is 0 Å². The van der Waals surface area contributed by atoms with E-state index in [0.717, 1.165) is 16.9 Å². The number of piperidine rings is 1. The molecule has 2 fully saturated rings. The van der Waals surface area contributed by atoms with Gasteiger partial charge in [0.15, 0.2) is 0 Å². The Bertz CT molecular complexity index is 1130. The zero-order valence-corrected chi connectivity index (χ0v) is 21.2. The average molecular weight is 491 g/mol. The highest BCUT2D eigenvalue weighted by atomic mass is 16.2. The van der Waals surface area contributed by atoms with Gasteiger partial charge in [-0.2, -0.15) is 0 Å². The van der Waals surface area contributed by atoms with Gasteiger partial charge in [-0.05, 0) is 50.8 Å². The zero-order chi connectivity index (χ0) is 25.9. The maximum atomic E-state index is 13.4. The number of amides is 5. The normalized spacial score (nSPS) is 20.4. The lowest BCUT2D eigenvalue weighted by atomic mass is 9.91. The largest absolute Gasteiger partial charge is 0.338 e. The van der Waals surface area contributed by atoms with Crippen LogP contribution in [0.25, 0.3) is 0 Å². The van der Waals surface area contributed by atoms with Gasteiger partial charge in [-0.3, -0.25) is 19.3 Å². The van der Waals surface area contributed by atoms with Gasteiger partial charge in [0, 0.05) is 31.2 Å². The lowest BCUT2D eigenvalue weighted by Crippen LogP contribution is -2.52. The van der Waals surface area contributed by atoms with Crippen molar-refractivity contribution >= 4 is 23.8 Å². The van der Waals surface area contributed by atoms with Gasteiger partial charge in [0.1, 0.15) is 12.1 Å². The molecule has 0 aromatic heterocycles. The quantitative estimate of drug-likeness (QED) is 0.603. The standard InChI is InChI=1S/C28H34N4O4/c1-4-16-31(23-14-17-30(18-15-23)25(34)21-8-6-5-7-9-21)24(33)19-32-26(35)28(3,29-27(32)36)22-12-10-20(2)11-13-22/h5-13,23H,4,14-19H2,1-3H3,(H,29,36). The molecule has 1 N–H and O–H groups in total. The second-order valence-corrected chi connectivity index (χ2v) is 9.79. The maximum absolute atomic E-state index is 13.4. The van der Waals surface area contributed by atoms with Crippen LogP contribution in [-0.2, 0) is 15.1 Å². The molecule has 1 atom stereocenters. The number of carbonyl (C=O) groups excluding carboxylic acids is 4. The first kappa shape index (κ1) is 25.4. The molecule has 8 heteroatoms. The first-order valence-corrected chi connectivity index (χ1v) is 12.6. The Morgan fingerprint density at radius 3 is 2.28 bits per heavy atom. The molecule has 2 aliphatic heterocycles. The van der Waals surface area contributed by atoms with E-state index in [0.29, 0.717) is 43.6 Å². The van der Waals surface area contributed by atoms with Crippen LogP contribution in [-0.4, -0.2) is 70.7 Å². The van der Waals surface area contributed by atoms with Gasteiger partial charge in [0.05, 0.1) is 0 Å². The van der Waals surface area contributed by atoms with Crippen LogP contribution in [0, 0.1) is 6.92 Å². The molecule has 2 aromatic rings. The van der Waals surface area contributed by atoms with Crippen molar-refractivity contribution in [2.45, 2.75) is 51.6 Å². The fraction of sp³-hybridized carbons (Fsp3) is 0.429. The highest BCUT2D eigenvalue weighted by Crippen LogP contribution is 2.29. The van der Waals surface area contributed by atoms with Crippen LogP contribution in [0.2, 0.25) is 0 Å². The Morgan fingerprint density at radius 2 is 1.67 bits per heavy atom. The third kappa shape index (κ3) is 4.98. The number of hydrogen-bond acceptors (Lipinski definition) is 4. The number of imide groups is 1. The summed E-state index contributed by atoms with van der Waals surface area (Å²) in [5.41, 5.74) is 1.19. The minimum absolute atomic E-state index is 0.00264. The summed E-state index contributed by atoms with van der Waals surface area (Å²) in [5.74, 6) is -0.678. The van der Waals surface area contributed by atoms with Crippen LogP contribution in [0.15, 0.2) is 54.6 Å². The number of benzene rings is 2. The van der Waals surface area contributed by atoms with E-state index in [1.165, 1.54) is 0 Å². The van der Waals surface area contributed by atoms with E-state index in [9.17, 15) is 19.2 Å². The van der Waals surface area contributed by atoms with Crippen LogP contribution in [0.1, 0.15) is 54.6 Å². The van der Waals surface area contributed by atoms with Crippen LogP contribution in [0.5, 0.6) is 0 Å². The first-order valence-electron chi connectivity index (χ1n) is 12.6. The topological polar surface area (TPSA) is 90.0 Å². The van der Waals surface area contributed by atoms with Gasteiger partial charge in [0.2, 0.25) is 5.91 Å². The van der Waals surface area contributed by atoms with Crippen LogP contribution in [0.4, 0.5) is 4.79 Å². The lowest BCUT2D eigenvalue weighted by molar-refractivity contribution is -0.140. The average Bonchev–Trinajstić information content (AvgIpc) is 3.11. The van der Waals surface area contributed by atoms with Crippen molar-refractivity contribution in [3.8, 4) is 0 Å². The molecule has 0 radical (unpaired) electrons. The van der Waals surface area contributed by atoms with Crippen molar-refractivity contribution in [1.29, 1.82) is 0 Å². The number of nitrogens with zero attached hydrogens (tertiary/aromatic N) is 3. The molecule has 36 heavy (non-hydrogen) atoms. The molecular weight excluding hydrogens is 456 g/mol. The minimum atomic E-state index is -1.20. The number of hydrogen-bond donors (Lipinski definition) is 1. The van der Waals surface area contributed by atoms with E-state index in [-0.39, 0.29) is 24.4 Å². The molecule has 2 heterocycles. The summed E-state index contributed by atoms with van der Waals surface area (Å²) in [6, 6.07) is 16.0. The molecule has 4 rings (SSSR count). The van der Waals surface area contributed by atoms with Crippen molar-refractivity contribution in [1.82, 2.24) is 20.0 Å². The van der Waals surface area contributed by atoms with Gasteiger partial charge in [-0.15, -0.1) is 0 Å². The number of rotatable bonds is 7. The summed E-state index contributed by atoms with van der Waals surface area (Å²) in [5, 5.41) is 2.78. The minimum Gasteiger partial charge on any atom is -0.338 e. The Balaban J connectivity index is 1.41. The van der Waals surface area contributed by atoms with Crippen molar-refractivity contribution < 1.29 is 19.2 Å². The fourth-order valence-electron chi connectivity index (χ4n) is 5.04. The molecule has 8 nitrogen and oxygen atoms in total. The Hall–Kier alpha value is -3.68. The van der Waals surface area contributed by atoms with Crippen LogP contribution in [0.3, 0.4) is 0 Å². The second-order valence-electron chi connectivity index (χ2n) is 9.79. The predicted molar refractivity (Wildman–Crippen MR) is 136 cm³/mol. The first-order chi connectivity index (χ1) is 17.2. The summed E-state index contributed by atoms with van der Waals surface area (Å²) in [6.45, 7) is 6.98. The van der Waals surface area contributed by atoms with Gasteiger partial charge in [-0.25, -0.2) is 4.79 Å². The highest BCUT2D eigenvalue weighted by Gasteiger charge is 2.50. The van der Waals surface area contributed by atoms with Crippen molar-refractivity contribution in [2.24, 2.45) is 0 Å². The molecule has 0 aliphatic carbocycles. The fourth-order valence-corrected chi connectivity index (χ4v) is 5.04. The van der Waals surface area contributed by atoms with E-state index in [2.05, 4.69) is 5.32 Å². The molecule has 2 aliphatic rings. The van der Waals surface area contributed by atoms with E-state index in [4.69, 9.17) is 0 Å². The molecular formula is C28H34N4O4. The smallest absolute Gasteiger partial charge is 0.325 e. The predicted octanol–water partition coefficient (Wildman–Crippen LogP) is 3.31. The third-order valence-electron chi connectivity index (χ3n) is 7.20. The number of likely N-dealkylation sites (tertiary alicyclic amines) is 1. The molecule has 0 spiro atoms. The highest BCUT2D eigenvalue weighted by molar-refractivity contribution is 6.09. The van der Waals surface area contributed by atoms with Gasteiger partial charge >= 0.3 is 6.03 Å². The number of urea groups is 1. The third-order valence-corrected chi connectivity index (χ3v) is 7.20. The molecule has 190 valence electrons. The second kappa shape index (κ2) is 10.5. The van der Waals surface area contributed by atoms with Gasteiger partial charge in [0.25, 0.3) is 11.8 Å². The molecule has 2 aromatic carbocycles. The molecule has 0 saturated carbocycles. The number of carbonyl (C=O) groups is 4. The van der Waals surface area contributed by atoms with Crippen LogP contribution >= 0.6 is 0 Å². The van der Waals surface area contributed by atoms with E-state index in [1.54, 1.807) is 11.8 Å². The molecule has 5 amide bonds. The van der Waals surface area contributed by atoms with Gasteiger partial charge < -0.3 is 15.1 Å². The zero-order valence-electron chi connectivity index (χ0n) is 21.2. The van der Waals surface area contributed by atoms with E-state index in [1.807, 2.05) is 73.3 Å². The number of nitrogens with one attached hydrogen (secondary N) is 1. The SMILES string of the molecule is CCCN(C(=O)CN1C(=O)NC(C)(c2ccc(C)cc2)C1=O)C1CCN(C(=O)c2ccccc2)CC1. The molecule has 0 bridgehead atoms. The van der Waals surface area contributed by atoms with Crippen LogP contribution < -0.4 is 5.32 Å². The van der Waals surface area contributed by atoms with Crippen molar-refractivity contribution in [3.05, 3.63) is 71.3 Å². The van der Waals surface area contributed by atoms with E-state index < -0.39 is 17.5 Å². The summed E-state index contributed by atoms with van der Waals surface area (Å²) in [7, 11) is 0. The lowest BCUT2D eigenvalue weighted by Gasteiger charge is -2.39. The van der Waals surface area contributed by atoms with Gasteiger partial charge in [-0.1, -0.05) is 55.0 Å². The Morgan fingerprint density at radius 1 is 1.03 bits per heavy atom. The summed E-state index contributed by atoms with van der Waals surface area (Å²) in [6.07, 6.45) is 2.08. The van der Waals surface area contributed by atoms with Crippen molar-refractivity contribution in [2.75, 3.05) is 26.2 Å². The molecule has 1 unspecified atom stereocenters. The molecule has 2 saturated heterocycles. The Kier molecular flexibility index (Phi) is 7.43. The summed E-state index contributed by atoms with van der Waals surface area (Å²) < 4.78 is 0. The van der Waals surface area contributed by atoms with E-state index >= 15 is 0 Å².